The average Bonchev–Trinajstić information content (AvgIpc) is 2.59. The zero-order valence-corrected chi connectivity index (χ0v) is 14.9. The molecule has 4 aromatic rings. The molecule has 0 aliphatic rings. The van der Waals surface area contributed by atoms with Gasteiger partial charge in [-0.3, -0.25) is 19.6 Å². The van der Waals surface area contributed by atoms with E-state index in [-0.39, 0.29) is 31.6 Å². The van der Waals surface area contributed by atoms with Gasteiger partial charge in [0.05, 0.1) is 17.9 Å². The number of benzene rings is 1. The van der Waals surface area contributed by atoms with E-state index in [1.807, 2.05) is 0 Å². The number of nitrogens with zero attached hydrogens (tertiary/aromatic N) is 1. The molecule has 10 heteroatoms. The molecule has 0 unspecified atom stereocenters. The molecule has 3 heterocycles. The molecular weight excluding hydrogens is 374 g/mol. The lowest BCUT2D eigenvalue weighted by Crippen LogP contribution is -2.15. The molecule has 4 N–H and O–H groups in total. The smallest absolute Gasteiger partial charge is 0.261 e. The number of aromatic nitrogens is 5. The molecule has 0 radical (unpaired) electrons. The summed E-state index contributed by atoms with van der Waals surface area (Å²) >= 11 is 10.1. The topological polar surface area (TPSA) is 119 Å². The third-order valence-electron chi connectivity index (χ3n) is 3.95. The Kier molecular flexibility index (Phi) is 3.78. The van der Waals surface area contributed by atoms with Gasteiger partial charge in [-0.25, -0.2) is 4.98 Å². The number of hydrogen-bond donors (Lipinski definition) is 4. The molecule has 130 valence electrons. The summed E-state index contributed by atoms with van der Waals surface area (Å²) in [5.74, 6) is 0.651. The van der Waals surface area contributed by atoms with Gasteiger partial charge in [-0.2, -0.15) is 0 Å². The summed E-state index contributed by atoms with van der Waals surface area (Å²) in [6.07, 6.45) is 0. The van der Waals surface area contributed by atoms with Gasteiger partial charge in [-0.1, -0.05) is 12.1 Å². The molecule has 8 nitrogen and oxygen atoms in total. The van der Waals surface area contributed by atoms with Gasteiger partial charge >= 0.3 is 0 Å². The lowest BCUT2D eigenvalue weighted by molar-refractivity contribution is 0.415. The van der Waals surface area contributed by atoms with Crippen LogP contribution in [0.3, 0.4) is 0 Å². The zero-order chi connectivity index (χ0) is 18.4. The van der Waals surface area contributed by atoms with Crippen LogP contribution in [-0.4, -0.2) is 32.0 Å². The molecule has 0 fully saturated rings. The first kappa shape index (κ1) is 16.4. The Bertz CT molecular complexity index is 1310. The Morgan fingerprint density at radius 2 is 1.35 bits per heavy atom. The van der Waals surface area contributed by atoms with Crippen molar-refractivity contribution < 1.29 is 4.74 Å². The maximum Gasteiger partial charge on any atom is 0.261 e. The number of nitrogens with one attached hydrogen (secondary N) is 4. The first-order valence-electron chi connectivity index (χ1n) is 7.45. The van der Waals surface area contributed by atoms with Crippen molar-refractivity contribution >= 4 is 46.5 Å². The van der Waals surface area contributed by atoms with E-state index in [9.17, 15) is 9.59 Å². The van der Waals surface area contributed by atoms with E-state index in [1.54, 1.807) is 31.4 Å². The molecule has 0 aliphatic carbocycles. The van der Waals surface area contributed by atoms with Gasteiger partial charge in [0, 0.05) is 5.56 Å². The predicted molar refractivity (Wildman–Crippen MR) is 103 cm³/mol. The average molecular weight is 385 g/mol. The molecule has 0 atom stereocenters. The summed E-state index contributed by atoms with van der Waals surface area (Å²) < 4.78 is 5.45. The Morgan fingerprint density at radius 1 is 0.846 bits per heavy atom. The maximum absolute atomic E-state index is 12.6. The van der Waals surface area contributed by atoms with Crippen molar-refractivity contribution in [3.63, 3.8) is 0 Å². The largest absolute Gasteiger partial charge is 0.497 e. The molecule has 0 spiro atoms. The summed E-state index contributed by atoms with van der Waals surface area (Å²) in [7, 11) is 1.56. The van der Waals surface area contributed by atoms with Crippen molar-refractivity contribution in [2.24, 2.45) is 0 Å². The van der Waals surface area contributed by atoms with Crippen molar-refractivity contribution in [1.29, 1.82) is 0 Å². The zero-order valence-electron chi connectivity index (χ0n) is 13.3. The molecule has 0 aliphatic heterocycles. The standard InChI is InChI=1S/C16H11N5O3S2/c1-24-7-4-2-6(3-5-7)8-9-11(18-15(25)20-13(9)22)17-12-10(8)14(23)21-16(26)19-12/h2-5H,1H3,(H4,17,18,19,20,21,22,23,25,26). The van der Waals surface area contributed by atoms with Gasteiger partial charge in [-0.15, -0.1) is 0 Å². The predicted octanol–water partition coefficient (Wildman–Crippen LogP) is 2.56. The molecule has 0 bridgehead atoms. The van der Waals surface area contributed by atoms with Crippen LogP contribution in [0.1, 0.15) is 0 Å². The minimum Gasteiger partial charge on any atom is -0.497 e. The van der Waals surface area contributed by atoms with Crippen LogP contribution in [0.25, 0.3) is 33.2 Å². The fourth-order valence-electron chi connectivity index (χ4n) is 2.86. The number of aromatic amines is 4. The second-order valence-electron chi connectivity index (χ2n) is 5.48. The Hall–Kier alpha value is -3.11. The molecule has 26 heavy (non-hydrogen) atoms. The van der Waals surface area contributed by atoms with Crippen LogP contribution in [0.15, 0.2) is 33.9 Å². The van der Waals surface area contributed by atoms with Gasteiger partial charge in [0.25, 0.3) is 11.1 Å². The molecule has 0 saturated heterocycles. The highest BCUT2D eigenvalue weighted by atomic mass is 32.1. The third kappa shape index (κ3) is 2.55. The Labute approximate surface area is 154 Å². The number of methoxy groups -OCH3 is 1. The van der Waals surface area contributed by atoms with Crippen molar-refractivity contribution in [2.45, 2.75) is 0 Å². The van der Waals surface area contributed by atoms with Crippen molar-refractivity contribution in [3.05, 3.63) is 54.5 Å². The van der Waals surface area contributed by atoms with Gasteiger partial charge in [0.2, 0.25) is 0 Å². The lowest BCUT2D eigenvalue weighted by Gasteiger charge is -2.10. The fourth-order valence-corrected chi connectivity index (χ4v) is 3.24. The maximum atomic E-state index is 12.6. The second kappa shape index (κ2) is 6.00. The van der Waals surface area contributed by atoms with Crippen LogP contribution in [-0.2, 0) is 0 Å². The van der Waals surface area contributed by atoms with Crippen LogP contribution >= 0.6 is 24.4 Å². The van der Waals surface area contributed by atoms with E-state index >= 15 is 0 Å². The first-order valence-corrected chi connectivity index (χ1v) is 8.26. The molecule has 4 rings (SSSR count). The normalized spacial score (nSPS) is 11.1. The van der Waals surface area contributed by atoms with Crippen LogP contribution in [0, 0.1) is 9.54 Å². The number of fused-ring (bicyclic) bond motifs is 2. The van der Waals surface area contributed by atoms with Crippen molar-refractivity contribution in [1.82, 2.24) is 24.9 Å². The quantitative estimate of drug-likeness (QED) is 0.311. The highest BCUT2D eigenvalue weighted by molar-refractivity contribution is 7.71. The van der Waals surface area contributed by atoms with E-state index in [0.29, 0.717) is 16.9 Å². The third-order valence-corrected chi connectivity index (χ3v) is 4.36. The van der Waals surface area contributed by atoms with Gasteiger partial charge < -0.3 is 14.7 Å². The van der Waals surface area contributed by atoms with Gasteiger partial charge in [0.1, 0.15) is 17.0 Å². The van der Waals surface area contributed by atoms with E-state index in [4.69, 9.17) is 29.2 Å². The minimum atomic E-state index is -0.439. The summed E-state index contributed by atoms with van der Waals surface area (Å²) in [6, 6.07) is 7.00. The molecule has 1 aromatic carbocycles. The lowest BCUT2D eigenvalue weighted by atomic mass is 10.00. The van der Waals surface area contributed by atoms with E-state index in [2.05, 4.69) is 24.9 Å². The minimum absolute atomic E-state index is 0.137. The fraction of sp³-hybridized carbons (Fsp3) is 0.0625. The van der Waals surface area contributed by atoms with Crippen LogP contribution in [0.2, 0.25) is 0 Å². The number of pyridine rings is 1. The summed E-state index contributed by atoms with van der Waals surface area (Å²) in [5.41, 5.74) is 0.709. The Balaban J connectivity index is 2.29. The highest BCUT2D eigenvalue weighted by Gasteiger charge is 2.18. The number of H-pyrrole nitrogens is 4. The van der Waals surface area contributed by atoms with Crippen LogP contribution < -0.4 is 15.9 Å². The van der Waals surface area contributed by atoms with E-state index in [0.717, 1.165) is 0 Å². The van der Waals surface area contributed by atoms with Crippen molar-refractivity contribution in [2.75, 3.05) is 7.11 Å². The van der Waals surface area contributed by atoms with Crippen LogP contribution in [0.5, 0.6) is 5.75 Å². The monoisotopic (exact) mass is 385 g/mol. The molecular formula is C16H11N5O3S2. The highest BCUT2D eigenvalue weighted by Crippen LogP contribution is 2.31. The summed E-state index contributed by atoms with van der Waals surface area (Å²) in [4.78, 5) is 40.3. The molecule has 3 aromatic heterocycles. The summed E-state index contributed by atoms with van der Waals surface area (Å²) in [6.45, 7) is 0. The first-order chi connectivity index (χ1) is 12.5. The van der Waals surface area contributed by atoms with E-state index < -0.39 is 11.1 Å². The molecule has 0 saturated carbocycles. The van der Waals surface area contributed by atoms with Crippen LogP contribution in [0.4, 0.5) is 0 Å². The Morgan fingerprint density at radius 3 is 1.81 bits per heavy atom. The number of hydrogen-bond acceptors (Lipinski definition) is 6. The second-order valence-corrected chi connectivity index (χ2v) is 6.30. The molecule has 0 amide bonds. The number of ether oxygens (including phenoxy) is 1. The van der Waals surface area contributed by atoms with E-state index in [1.165, 1.54) is 0 Å². The van der Waals surface area contributed by atoms with Gasteiger partial charge in [0.15, 0.2) is 9.54 Å². The van der Waals surface area contributed by atoms with Crippen molar-refractivity contribution in [3.8, 4) is 16.9 Å². The SMILES string of the molecule is COc1ccc(-c2c3c(=O)[nH]c(=S)[nH]c3nc3[nH]c(=S)[nH]c(=O)c23)cc1. The summed E-state index contributed by atoms with van der Waals surface area (Å²) in [5, 5.41) is 0.458. The number of rotatable bonds is 2. The van der Waals surface area contributed by atoms with Gasteiger partial charge in [-0.05, 0) is 42.1 Å².